The van der Waals surface area contributed by atoms with Gasteiger partial charge in [0.05, 0.1) is 19.1 Å². The lowest BCUT2D eigenvalue weighted by Crippen LogP contribution is -2.54. The van der Waals surface area contributed by atoms with Crippen LogP contribution in [0.25, 0.3) is 0 Å². The van der Waals surface area contributed by atoms with E-state index in [-0.39, 0.29) is 0 Å². The van der Waals surface area contributed by atoms with Crippen LogP contribution in [0.5, 0.6) is 0 Å². The molecule has 0 spiro atoms. The van der Waals surface area contributed by atoms with Gasteiger partial charge in [-0.3, -0.25) is 5.32 Å². The topological polar surface area (TPSA) is 12.0 Å². The van der Waals surface area contributed by atoms with Crippen LogP contribution in [-0.2, 0) is 0 Å². The number of hydrogen-bond acceptors (Lipinski definition) is 1. The maximum atomic E-state index is 3.62. The first-order valence-electron chi connectivity index (χ1n) is 5.82. The summed E-state index contributed by atoms with van der Waals surface area (Å²) in [7, 11) is 0. The third-order valence-corrected chi connectivity index (χ3v) is 3.87. The molecule has 0 atom stereocenters. The van der Waals surface area contributed by atoms with Gasteiger partial charge in [0.2, 0.25) is 0 Å². The average molecular weight is 183 g/mol. The largest absolute Gasteiger partial charge is 0.309 e. The van der Waals surface area contributed by atoms with Crippen LogP contribution in [-0.4, -0.2) is 36.3 Å². The molecule has 2 fully saturated rings. The molecule has 2 heterocycles. The van der Waals surface area contributed by atoms with Gasteiger partial charge in [0.1, 0.15) is 6.67 Å². The molecule has 76 valence electrons. The molecule has 2 heteroatoms. The van der Waals surface area contributed by atoms with E-state index in [1.54, 1.807) is 0 Å². The van der Waals surface area contributed by atoms with E-state index in [2.05, 4.69) is 19.2 Å². The molecular weight excluding hydrogens is 160 g/mol. The molecule has 2 aliphatic rings. The molecule has 2 nitrogen and oxygen atoms in total. The third-order valence-electron chi connectivity index (χ3n) is 3.87. The van der Waals surface area contributed by atoms with Gasteiger partial charge in [-0.2, -0.15) is 0 Å². The zero-order valence-electron chi connectivity index (χ0n) is 9.05. The summed E-state index contributed by atoms with van der Waals surface area (Å²) in [5.41, 5.74) is 0. The van der Waals surface area contributed by atoms with E-state index in [1.165, 1.54) is 49.9 Å². The van der Waals surface area contributed by atoms with Crippen molar-refractivity contribution in [1.29, 1.82) is 0 Å². The second-order valence-corrected chi connectivity index (χ2v) is 5.12. The van der Waals surface area contributed by atoms with Crippen molar-refractivity contribution in [3.63, 3.8) is 0 Å². The van der Waals surface area contributed by atoms with Crippen molar-refractivity contribution in [2.24, 2.45) is 0 Å². The Morgan fingerprint density at radius 2 is 1.85 bits per heavy atom. The Bertz CT molecular complexity index is 167. The lowest BCUT2D eigenvalue weighted by molar-refractivity contribution is -0.930. The summed E-state index contributed by atoms with van der Waals surface area (Å²) in [5.74, 6) is 0. The van der Waals surface area contributed by atoms with Gasteiger partial charge in [0, 0.05) is 31.7 Å². The molecule has 0 amide bonds. The Hall–Kier alpha value is -0.0800. The van der Waals surface area contributed by atoms with E-state index in [9.17, 15) is 0 Å². The van der Waals surface area contributed by atoms with E-state index in [1.807, 2.05) is 0 Å². The molecule has 1 N–H and O–H groups in total. The number of nitrogens with one attached hydrogen (secondary N) is 1. The molecular formula is C11H23N2+. The van der Waals surface area contributed by atoms with Crippen molar-refractivity contribution >= 4 is 0 Å². The molecule has 0 aromatic carbocycles. The van der Waals surface area contributed by atoms with Crippen molar-refractivity contribution in [2.45, 2.75) is 51.6 Å². The summed E-state index contributed by atoms with van der Waals surface area (Å²) >= 11 is 0. The standard InChI is InChI=1S/C11H23N2/c1-10(2)12-9-13-7-3-5-11(13)6-4-8-13/h10-12H,3-9H2,1-2H3/q+1. The van der Waals surface area contributed by atoms with Crippen molar-refractivity contribution in [1.82, 2.24) is 5.32 Å². The smallest absolute Gasteiger partial charge is 0.132 e. The first-order chi connectivity index (χ1) is 6.23. The van der Waals surface area contributed by atoms with Gasteiger partial charge in [-0.05, 0) is 13.8 Å². The summed E-state index contributed by atoms with van der Waals surface area (Å²) in [6.07, 6.45) is 5.90. The van der Waals surface area contributed by atoms with Crippen molar-refractivity contribution < 1.29 is 4.48 Å². The van der Waals surface area contributed by atoms with Crippen molar-refractivity contribution in [3.8, 4) is 0 Å². The number of quaternary nitrogens is 1. The Morgan fingerprint density at radius 1 is 1.23 bits per heavy atom. The maximum Gasteiger partial charge on any atom is 0.132 e. The molecule has 2 saturated heterocycles. The molecule has 0 saturated carbocycles. The molecule has 0 unspecified atom stereocenters. The van der Waals surface area contributed by atoms with Gasteiger partial charge >= 0.3 is 0 Å². The highest BCUT2D eigenvalue weighted by atomic mass is 15.5. The quantitative estimate of drug-likeness (QED) is 0.657. The molecule has 2 aliphatic heterocycles. The van der Waals surface area contributed by atoms with Crippen LogP contribution >= 0.6 is 0 Å². The second-order valence-electron chi connectivity index (χ2n) is 5.12. The molecule has 0 bridgehead atoms. The third kappa shape index (κ3) is 1.75. The minimum Gasteiger partial charge on any atom is -0.309 e. The lowest BCUT2D eigenvalue weighted by Gasteiger charge is -2.35. The molecule has 2 rings (SSSR count). The SMILES string of the molecule is CC(C)NC[N+]12CCCC1CCC2. The lowest BCUT2D eigenvalue weighted by atomic mass is 10.2. The van der Waals surface area contributed by atoms with Crippen LogP contribution in [0.15, 0.2) is 0 Å². The molecule has 13 heavy (non-hydrogen) atoms. The van der Waals surface area contributed by atoms with E-state index in [0.29, 0.717) is 6.04 Å². The maximum absolute atomic E-state index is 3.62. The molecule has 0 radical (unpaired) electrons. The first-order valence-corrected chi connectivity index (χ1v) is 5.82. The zero-order chi connectivity index (χ0) is 9.31. The highest BCUT2D eigenvalue weighted by molar-refractivity contribution is 4.74. The fourth-order valence-electron chi connectivity index (χ4n) is 3.10. The first kappa shape index (κ1) is 9.47. The van der Waals surface area contributed by atoms with E-state index >= 15 is 0 Å². The van der Waals surface area contributed by atoms with Crippen molar-refractivity contribution in [3.05, 3.63) is 0 Å². The van der Waals surface area contributed by atoms with E-state index < -0.39 is 0 Å². The molecule has 0 aromatic rings. The van der Waals surface area contributed by atoms with Gasteiger partial charge in [0.25, 0.3) is 0 Å². The minimum absolute atomic E-state index is 0.648. The van der Waals surface area contributed by atoms with Crippen LogP contribution in [0, 0.1) is 0 Å². The highest BCUT2D eigenvalue weighted by Crippen LogP contribution is 2.35. The highest BCUT2D eigenvalue weighted by Gasteiger charge is 2.44. The summed E-state index contributed by atoms with van der Waals surface area (Å²) in [6, 6.07) is 1.65. The van der Waals surface area contributed by atoms with E-state index in [4.69, 9.17) is 0 Å². The van der Waals surface area contributed by atoms with Crippen LogP contribution in [0.2, 0.25) is 0 Å². The molecule has 0 aromatic heterocycles. The normalized spacial score (nSPS) is 38.5. The molecule has 0 aliphatic carbocycles. The van der Waals surface area contributed by atoms with Crippen LogP contribution < -0.4 is 5.32 Å². The van der Waals surface area contributed by atoms with Crippen molar-refractivity contribution in [2.75, 3.05) is 19.8 Å². The number of rotatable bonds is 3. The Morgan fingerprint density at radius 3 is 2.38 bits per heavy atom. The second kappa shape index (κ2) is 3.58. The zero-order valence-corrected chi connectivity index (χ0v) is 9.05. The van der Waals surface area contributed by atoms with Gasteiger partial charge in [0.15, 0.2) is 0 Å². The Balaban J connectivity index is 1.93. The predicted octanol–water partition coefficient (Wildman–Crippen LogP) is 1.71. The van der Waals surface area contributed by atoms with E-state index in [0.717, 1.165) is 6.04 Å². The van der Waals surface area contributed by atoms with Gasteiger partial charge < -0.3 is 4.48 Å². The summed E-state index contributed by atoms with van der Waals surface area (Å²) in [4.78, 5) is 0. The van der Waals surface area contributed by atoms with Gasteiger partial charge in [-0.25, -0.2) is 0 Å². The predicted molar refractivity (Wildman–Crippen MR) is 55.4 cm³/mol. The summed E-state index contributed by atoms with van der Waals surface area (Å²) in [5, 5.41) is 3.62. The fourth-order valence-corrected chi connectivity index (χ4v) is 3.10. The number of nitrogens with zero attached hydrogens (tertiary/aromatic N) is 1. The van der Waals surface area contributed by atoms with Crippen LogP contribution in [0.3, 0.4) is 0 Å². The Labute approximate surface area is 81.9 Å². The average Bonchev–Trinajstić information content (AvgIpc) is 2.57. The van der Waals surface area contributed by atoms with Crippen LogP contribution in [0.1, 0.15) is 39.5 Å². The number of hydrogen-bond donors (Lipinski definition) is 1. The minimum atomic E-state index is 0.648. The van der Waals surface area contributed by atoms with Gasteiger partial charge in [-0.1, -0.05) is 0 Å². The Kier molecular flexibility index (Phi) is 2.61. The van der Waals surface area contributed by atoms with Gasteiger partial charge in [-0.15, -0.1) is 0 Å². The number of fused-ring (bicyclic) bond motifs is 1. The fraction of sp³-hybridized carbons (Fsp3) is 1.00. The van der Waals surface area contributed by atoms with Crippen LogP contribution in [0.4, 0.5) is 0 Å². The summed E-state index contributed by atoms with van der Waals surface area (Å²) in [6.45, 7) is 8.59. The summed E-state index contributed by atoms with van der Waals surface area (Å²) < 4.78 is 1.40. The monoisotopic (exact) mass is 183 g/mol.